The molecule has 2 atom stereocenters. The van der Waals surface area contributed by atoms with Gasteiger partial charge in [-0.25, -0.2) is 0 Å². The van der Waals surface area contributed by atoms with Crippen molar-refractivity contribution in [3.8, 4) is 0 Å². The van der Waals surface area contributed by atoms with Gasteiger partial charge in [0.15, 0.2) is 6.04 Å². The van der Waals surface area contributed by atoms with Crippen LogP contribution in [-0.2, 0) is 17.4 Å². The Balaban J connectivity index is 1.63. The average molecular weight is 460 g/mol. The van der Waals surface area contributed by atoms with Crippen LogP contribution in [0, 0.1) is 0 Å². The van der Waals surface area contributed by atoms with Gasteiger partial charge in [-0.1, -0.05) is 66.2 Å². The number of amides is 1. The third kappa shape index (κ3) is 4.97. The number of anilines is 1. The lowest BCUT2D eigenvalue weighted by Gasteiger charge is -2.27. The molecule has 0 unspecified atom stereocenters. The lowest BCUT2D eigenvalue weighted by atomic mass is 9.87. The minimum atomic E-state index is -4.53. The van der Waals surface area contributed by atoms with Crippen LogP contribution in [0.25, 0.3) is 0 Å². The molecule has 3 aromatic rings. The molecular formula is C25H23ClF3N2O+. The maximum Gasteiger partial charge on any atom is 0.416 e. The number of halogens is 4. The van der Waals surface area contributed by atoms with Crippen LogP contribution in [0.3, 0.4) is 0 Å². The molecule has 0 aromatic heterocycles. The topological polar surface area (TPSA) is 45.7 Å². The van der Waals surface area contributed by atoms with Crippen molar-refractivity contribution in [2.75, 3.05) is 5.32 Å². The Morgan fingerprint density at radius 1 is 1.03 bits per heavy atom. The van der Waals surface area contributed by atoms with Gasteiger partial charge in [0.1, 0.15) is 6.04 Å². The number of rotatable bonds is 5. The second kappa shape index (κ2) is 9.35. The van der Waals surface area contributed by atoms with Crippen LogP contribution < -0.4 is 10.6 Å². The van der Waals surface area contributed by atoms with Gasteiger partial charge in [-0.3, -0.25) is 4.79 Å². The van der Waals surface area contributed by atoms with Crippen LogP contribution in [0.5, 0.6) is 0 Å². The summed E-state index contributed by atoms with van der Waals surface area (Å²) in [6, 6.07) is 19.8. The highest BCUT2D eigenvalue weighted by Gasteiger charge is 2.33. The number of fused-ring (bicyclic) bond motifs is 1. The summed E-state index contributed by atoms with van der Waals surface area (Å²) in [6.45, 7) is 0. The maximum absolute atomic E-state index is 13.3. The minimum absolute atomic E-state index is 0.0510. The Morgan fingerprint density at radius 2 is 1.75 bits per heavy atom. The van der Waals surface area contributed by atoms with Crippen molar-refractivity contribution in [2.24, 2.45) is 0 Å². The van der Waals surface area contributed by atoms with Gasteiger partial charge in [0, 0.05) is 17.5 Å². The number of nitrogens with one attached hydrogen (secondary N) is 1. The molecule has 0 spiro atoms. The highest BCUT2D eigenvalue weighted by Crippen LogP contribution is 2.34. The smallest absolute Gasteiger partial charge is 0.326 e. The van der Waals surface area contributed by atoms with Crippen molar-refractivity contribution in [1.82, 2.24) is 0 Å². The molecule has 1 aliphatic rings. The fourth-order valence-electron chi connectivity index (χ4n) is 4.24. The molecule has 3 nitrogen and oxygen atoms in total. The molecule has 4 rings (SSSR count). The molecule has 3 N–H and O–H groups in total. The zero-order chi connectivity index (χ0) is 22.7. The van der Waals surface area contributed by atoms with Gasteiger partial charge >= 0.3 is 6.18 Å². The number of hydrogen-bond acceptors (Lipinski definition) is 1. The van der Waals surface area contributed by atoms with E-state index in [0.29, 0.717) is 0 Å². The van der Waals surface area contributed by atoms with E-state index in [1.807, 2.05) is 47.8 Å². The van der Waals surface area contributed by atoms with E-state index >= 15 is 0 Å². The van der Waals surface area contributed by atoms with Gasteiger partial charge in [-0.05, 0) is 36.6 Å². The molecule has 166 valence electrons. The maximum atomic E-state index is 13.3. The van der Waals surface area contributed by atoms with Crippen LogP contribution in [0.4, 0.5) is 18.9 Å². The van der Waals surface area contributed by atoms with Gasteiger partial charge in [-0.15, -0.1) is 0 Å². The second-order valence-corrected chi connectivity index (χ2v) is 8.37. The fourth-order valence-corrected chi connectivity index (χ4v) is 4.41. The Morgan fingerprint density at radius 3 is 2.50 bits per heavy atom. The van der Waals surface area contributed by atoms with Gasteiger partial charge in [0.25, 0.3) is 5.91 Å². The molecule has 0 fully saturated rings. The molecule has 0 aliphatic heterocycles. The van der Waals surface area contributed by atoms with Crippen molar-refractivity contribution in [2.45, 2.75) is 37.5 Å². The number of carbonyl (C=O) groups excluding carboxylic acids is 1. The summed E-state index contributed by atoms with van der Waals surface area (Å²) in [5, 5.41) is 4.69. The van der Waals surface area contributed by atoms with E-state index in [2.05, 4.69) is 17.4 Å². The predicted molar refractivity (Wildman–Crippen MR) is 118 cm³/mol. The van der Waals surface area contributed by atoms with E-state index in [4.69, 9.17) is 11.6 Å². The Bertz CT molecular complexity index is 1100. The van der Waals surface area contributed by atoms with Crippen LogP contribution in [-0.4, -0.2) is 5.91 Å². The third-order valence-electron chi connectivity index (χ3n) is 5.83. The first kappa shape index (κ1) is 22.4. The number of quaternary nitrogens is 1. The molecule has 0 saturated carbocycles. The summed E-state index contributed by atoms with van der Waals surface area (Å²) in [4.78, 5) is 13.3. The molecule has 7 heteroatoms. The summed E-state index contributed by atoms with van der Waals surface area (Å²) in [5.74, 6) is -0.416. The van der Waals surface area contributed by atoms with Crippen LogP contribution in [0.15, 0.2) is 72.8 Å². The largest absolute Gasteiger partial charge is 0.416 e. The first-order valence-electron chi connectivity index (χ1n) is 10.5. The van der Waals surface area contributed by atoms with Gasteiger partial charge in [0.2, 0.25) is 0 Å². The van der Waals surface area contributed by atoms with Crippen molar-refractivity contribution < 1.29 is 23.3 Å². The van der Waals surface area contributed by atoms with Crippen LogP contribution in [0.2, 0.25) is 5.02 Å². The Labute approximate surface area is 189 Å². The molecule has 3 aromatic carbocycles. The SMILES string of the molecule is O=C(Nc1cc(C(F)(F)F)ccc1Cl)[C@H]([NH2+][C@H]1CCCc2ccccc21)c1ccccc1. The highest BCUT2D eigenvalue weighted by atomic mass is 35.5. The molecule has 32 heavy (non-hydrogen) atoms. The van der Waals surface area contributed by atoms with Crippen molar-refractivity contribution in [1.29, 1.82) is 0 Å². The number of aryl methyl sites for hydroxylation is 1. The summed E-state index contributed by atoms with van der Waals surface area (Å²) >= 11 is 6.11. The van der Waals surface area contributed by atoms with Gasteiger partial charge in [0.05, 0.1) is 16.3 Å². The first-order valence-corrected chi connectivity index (χ1v) is 10.9. The van der Waals surface area contributed by atoms with E-state index in [1.165, 1.54) is 11.1 Å². The van der Waals surface area contributed by atoms with E-state index in [1.54, 1.807) is 0 Å². The number of alkyl halides is 3. The molecule has 1 aliphatic carbocycles. The Kier molecular flexibility index (Phi) is 6.53. The number of hydrogen-bond donors (Lipinski definition) is 2. The third-order valence-corrected chi connectivity index (χ3v) is 6.16. The molecule has 0 heterocycles. The van der Waals surface area contributed by atoms with Crippen molar-refractivity contribution in [3.63, 3.8) is 0 Å². The molecule has 1 amide bonds. The zero-order valence-corrected chi connectivity index (χ0v) is 18.0. The fraction of sp³-hybridized carbons (Fsp3) is 0.240. The summed E-state index contributed by atoms with van der Waals surface area (Å²) in [7, 11) is 0. The van der Waals surface area contributed by atoms with Gasteiger partial charge in [-0.2, -0.15) is 13.2 Å². The van der Waals surface area contributed by atoms with E-state index < -0.39 is 23.7 Å². The monoisotopic (exact) mass is 459 g/mol. The molecular weight excluding hydrogens is 437 g/mol. The van der Waals surface area contributed by atoms with Crippen LogP contribution >= 0.6 is 11.6 Å². The number of benzene rings is 3. The average Bonchev–Trinajstić information content (AvgIpc) is 2.78. The summed E-state index contributed by atoms with van der Waals surface area (Å²) in [5.41, 5.74) is 2.33. The highest BCUT2D eigenvalue weighted by molar-refractivity contribution is 6.33. The van der Waals surface area contributed by atoms with Crippen LogP contribution in [0.1, 0.15) is 47.2 Å². The van der Waals surface area contributed by atoms with Gasteiger partial charge < -0.3 is 10.6 Å². The minimum Gasteiger partial charge on any atom is -0.326 e. The zero-order valence-electron chi connectivity index (χ0n) is 17.2. The van der Waals surface area contributed by atoms with E-state index in [-0.39, 0.29) is 16.8 Å². The molecule has 0 bridgehead atoms. The lowest BCUT2D eigenvalue weighted by molar-refractivity contribution is -0.723. The van der Waals surface area contributed by atoms with E-state index in [0.717, 1.165) is 43.0 Å². The quantitative estimate of drug-likeness (QED) is 0.506. The van der Waals surface area contributed by atoms with Crippen molar-refractivity contribution >= 4 is 23.2 Å². The summed E-state index contributed by atoms with van der Waals surface area (Å²) < 4.78 is 39.4. The van der Waals surface area contributed by atoms with E-state index in [9.17, 15) is 18.0 Å². The molecule has 0 saturated heterocycles. The first-order chi connectivity index (χ1) is 15.3. The van der Waals surface area contributed by atoms with Crippen molar-refractivity contribution in [3.05, 3.63) is 100 Å². The standard InChI is InChI=1S/C25H22ClF3N2O/c26-20-14-13-18(25(27,28)29)15-22(20)31-24(32)23(17-8-2-1-3-9-17)30-21-12-6-10-16-7-4-5-11-19(16)21/h1-5,7-9,11,13-15,21,23,30H,6,10,12H2,(H,31,32)/p+1/t21-,23+/m0/s1. The summed E-state index contributed by atoms with van der Waals surface area (Å²) in [6.07, 6.45) is -1.60. The number of nitrogens with two attached hydrogens (primary N) is 1. The Hall–Kier alpha value is -2.83. The second-order valence-electron chi connectivity index (χ2n) is 7.96. The lowest BCUT2D eigenvalue weighted by Crippen LogP contribution is -2.88. The predicted octanol–water partition coefficient (Wildman–Crippen LogP) is 5.68. The number of carbonyl (C=O) groups is 1. The normalized spacial score (nSPS) is 16.8. The molecule has 0 radical (unpaired) electrons.